The van der Waals surface area contributed by atoms with E-state index in [1.165, 1.54) is 23.8 Å². The lowest BCUT2D eigenvalue weighted by molar-refractivity contribution is -0.166. The molecule has 0 bridgehead atoms. The average molecular weight is 369 g/mol. The molecular formula is C16H23N3O5S. The molecule has 5 unspecified atom stereocenters. The summed E-state index contributed by atoms with van der Waals surface area (Å²) in [7, 11) is 1.50. The lowest BCUT2D eigenvalue weighted by Crippen LogP contribution is -2.65. The number of carbonyl (C=O) groups excluding carboxylic acids is 1. The Bertz CT molecular complexity index is 650. The first-order valence-electron chi connectivity index (χ1n) is 8.26. The molecular weight excluding hydrogens is 346 g/mol. The predicted octanol–water partition coefficient (Wildman–Crippen LogP) is 0.324. The molecule has 0 saturated carbocycles. The molecule has 5 atom stereocenters. The number of nitrogens with one attached hydrogen (secondary N) is 1. The second-order valence-electron chi connectivity index (χ2n) is 6.70. The number of amides is 1. The number of methoxy groups -OCH3 is 1. The number of β-lactam (4-membered cyclic amide) rings is 1. The summed E-state index contributed by atoms with van der Waals surface area (Å²) in [6.07, 6.45) is -0.552. The Kier molecular flexibility index (Phi) is 4.82. The van der Waals surface area contributed by atoms with Crippen molar-refractivity contribution < 1.29 is 24.5 Å². The van der Waals surface area contributed by atoms with Gasteiger partial charge in [-0.25, -0.2) is 4.79 Å². The molecule has 0 radical (unpaired) electrons. The third kappa shape index (κ3) is 2.84. The summed E-state index contributed by atoms with van der Waals surface area (Å²) in [5, 5.41) is 27.4. The number of fused-ring (bicyclic) bond motifs is 1. The summed E-state index contributed by atoms with van der Waals surface area (Å²) in [4.78, 5) is 27.9. The molecule has 8 nitrogen and oxygen atoms in total. The molecule has 3 rings (SSSR count). The van der Waals surface area contributed by atoms with Crippen LogP contribution in [0, 0.1) is 11.3 Å². The number of carboxylic acids is 1. The Hall–Kier alpha value is -1.58. The van der Waals surface area contributed by atoms with Crippen LogP contribution in [0.2, 0.25) is 0 Å². The van der Waals surface area contributed by atoms with Crippen molar-refractivity contribution >= 4 is 29.5 Å². The minimum absolute atomic E-state index is 0.0197. The molecule has 0 aliphatic carbocycles. The van der Waals surface area contributed by atoms with Gasteiger partial charge in [0.05, 0.1) is 23.9 Å². The van der Waals surface area contributed by atoms with Gasteiger partial charge in [0, 0.05) is 30.4 Å². The normalized spacial score (nSPS) is 32.7. The molecule has 2 saturated heterocycles. The number of nitrogens with zero attached hydrogens (tertiary/aromatic N) is 2. The van der Waals surface area contributed by atoms with E-state index in [1.54, 1.807) is 13.8 Å². The molecule has 138 valence electrons. The summed E-state index contributed by atoms with van der Waals surface area (Å²) < 4.78 is 5.55. The quantitative estimate of drug-likeness (QED) is 0.363. The molecule has 3 heterocycles. The van der Waals surface area contributed by atoms with E-state index in [9.17, 15) is 19.8 Å². The van der Waals surface area contributed by atoms with E-state index in [-0.39, 0.29) is 16.9 Å². The standard InChI is InChI=1S/C16H23N3O5S/c1-7(20)10-11-13(24-3)14(12(16(22)23)19(11)15(10)21)25-9-4-5-18(6-9)8(2)17/h7,9-11,13,17,20H,4-6H2,1-3H3,(H,22,23). The fraction of sp³-hybridized carbons (Fsp3) is 0.688. The Morgan fingerprint density at radius 1 is 1.48 bits per heavy atom. The zero-order chi connectivity index (χ0) is 18.5. The van der Waals surface area contributed by atoms with Crippen LogP contribution in [0.3, 0.4) is 0 Å². The van der Waals surface area contributed by atoms with Crippen LogP contribution >= 0.6 is 11.8 Å². The third-order valence-electron chi connectivity index (χ3n) is 5.12. The predicted molar refractivity (Wildman–Crippen MR) is 92.2 cm³/mol. The highest BCUT2D eigenvalue weighted by atomic mass is 32.2. The van der Waals surface area contributed by atoms with Crippen molar-refractivity contribution in [3.8, 4) is 0 Å². The molecule has 3 aliphatic heterocycles. The molecule has 25 heavy (non-hydrogen) atoms. The number of carboxylic acid groups (broad SMARTS) is 1. The average Bonchev–Trinajstić information content (AvgIpc) is 3.08. The fourth-order valence-electron chi connectivity index (χ4n) is 3.90. The maximum atomic E-state index is 12.4. The van der Waals surface area contributed by atoms with E-state index in [2.05, 4.69) is 0 Å². The van der Waals surface area contributed by atoms with Crippen LogP contribution in [0.15, 0.2) is 10.6 Å². The minimum Gasteiger partial charge on any atom is -0.477 e. The summed E-state index contributed by atoms with van der Waals surface area (Å²) in [5.74, 6) is -1.65. The number of hydrogen-bond donors (Lipinski definition) is 3. The summed E-state index contributed by atoms with van der Waals surface area (Å²) in [6.45, 7) is 4.72. The first-order chi connectivity index (χ1) is 11.8. The van der Waals surface area contributed by atoms with Crippen LogP contribution < -0.4 is 0 Å². The molecule has 0 spiro atoms. The Labute approximate surface area is 150 Å². The largest absolute Gasteiger partial charge is 0.477 e. The van der Waals surface area contributed by atoms with E-state index in [4.69, 9.17) is 10.1 Å². The maximum absolute atomic E-state index is 12.4. The van der Waals surface area contributed by atoms with Gasteiger partial charge in [-0.1, -0.05) is 0 Å². The number of thioether (sulfide) groups is 1. The number of amidine groups is 1. The van der Waals surface area contributed by atoms with Gasteiger partial charge in [0.15, 0.2) is 0 Å². The zero-order valence-electron chi connectivity index (χ0n) is 14.4. The van der Waals surface area contributed by atoms with Gasteiger partial charge >= 0.3 is 5.97 Å². The van der Waals surface area contributed by atoms with Crippen LogP contribution in [-0.4, -0.2) is 81.4 Å². The van der Waals surface area contributed by atoms with E-state index in [0.717, 1.165) is 13.0 Å². The first kappa shape index (κ1) is 18.2. The number of likely N-dealkylation sites (tertiary alicyclic amines) is 1. The van der Waals surface area contributed by atoms with Crippen LogP contribution in [0.5, 0.6) is 0 Å². The highest BCUT2D eigenvalue weighted by Gasteiger charge is 2.62. The fourth-order valence-corrected chi connectivity index (χ4v) is 5.41. The van der Waals surface area contributed by atoms with Gasteiger partial charge in [-0.05, 0) is 20.3 Å². The van der Waals surface area contributed by atoms with Gasteiger partial charge < -0.3 is 19.8 Å². The van der Waals surface area contributed by atoms with Crippen molar-refractivity contribution in [2.45, 2.75) is 43.8 Å². The Morgan fingerprint density at radius 2 is 2.16 bits per heavy atom. The van der Waals surface area contributed by atoms with E-state index < -0.39 is 30.1 Å². The first-order valence-corrected chi connectivity index (χ1v) is 9.14. The van der Waals surface area contributed by atoms with Gasteiger partial charge in [-0.3, -0.25) is 15.1 Å². The molecule has 3 aliphatic rings. The topological polar surface area (TPSA) is 114 Å². The lowest BCUT2D eigenvalue weighted by Gasteiger charge is -2.46. The van der Waals surface area contributed by atoms with Crippen molar-refractivity contribution in [2.75, 3.05) is 20.2 Å². The molecule has 0 aromatic carbocycles. The second-order valence-corrected chi connectivity index (χ2v) is 8.04. The number of ether oxygens (including phenoxy) is 1. The summed E-state index contributed by atoms with van der Waals surface area (Å²) in [5.41, 5.74) is -0.0197. The SMILES string of the molecule is COC1C(SC2CCN(C(C)=N)C2)=C(C(=O)O)N2C(=O)C(C(C)O)C12. The molecule has 0 aromatic rings. The van der Waals surface area contributed by atoms with Crippen molar-refractivity contribution in [3.63, 3.8) is 0 Å². The highest BCUT2D eigenvalue weighted by molar-refractivity contribution is 8.03. The van der Waals surface area contributed by atoms with Crippen LogP contribution in [-0.2, 0) is 14.3 Å². The molecule has 2 fully saturated rings. The summed E-state index contributed by atoms with van der Waals surface area (Å²) in [6, 6.07) is -0.465. The van der Waals surface area contributed by atoms with Crippen LogP contribution in [0.1, 0.15) is 20.3 Å². The van der Waals surface area contributed by atoms with Crippen molar-refractivity contribution in [2.24, 2.45) is 5.92 Å². The zero-order valence-corrected chi connectivity index (χ0v) is 15.2. The van der Waals surface area contributed by atoms with Gasteiger partial charge in [-0.15, -0.1) is 11.8 Å². The van der Waals surface area contributed by atoms with Gasteiger partial charge in [0.1, 0.15) is 11.8 Å². The number of aliphatic carboxylic acids is 1. The molecule has 0 aromatic heterocycles. The number of hydrogen-bond acceptors (Lipinski definition) is 6. The number of aliphatic hydroxyl groups is 1. The van der Waals surface area contributed by atoms with E-state index in [1.807, 2.05) is 4.90 Å². The Morgan fingerprint density at radius 3 is 2.64 bits per heavy atom. The van der Waals surface area contributed by atoms with Crippen molar-refractivity contribution in [3.05, 3.63) is 10.6 Å². The third-order valence-corrected chi connectivity index (χ3v) is 6.52. The Balaban J connectivity index is 1.87. The maximum Gasteiger partial charge on any atom is 0.353 e. The number of carbonyl (C=O) groups is 2. The van der Waals surface area contributed by atoms with Gasteiger partial charge in [0.2, 0.25) is 5.91 Å². The van der Waals surface area contributed by atoms with Crippen LogP contribution in [0.4, 0.5) is 0 Å². The monoisotopic (exact) mass is 369 g/mol. The second kappa shape index (κ2) is 6.62. The number of rotatable bonds is 5. The smallest absolute Gasteiger partial charge is 0.353 e. The van der Waals surface area contributed by atoms with Gasteiger partial charge in [0.25, 0.3) is 0 Å². The lowest BCUT2D eigenvalue weighted by atomic mass is 9.82. The van der Waals surface area contributed by atoms with Crippen molar-refractivity contribution in [1.29, 1.82) is 5.41 Å². The minimum atomic E-state index is -1.15. The highest BCUT2D eigenvalue weighted by Crippen LogP contribution is 2.49. The van der Waals surface area contributed by atoms with E-state index in [0.29, 0.717) is 17.3 Å². The molecule has 3 N–H and O–H groups in total. The summed E-state index contributed by atoms with van der Waals surface area (Å²) >= 11 is 1.43. The molecule has 9 heteroatoms. The number of aliphatic hydroxyl groups excluding tert-OH is 1. The van der Waals surface area contributed by atoms with Crippen molar-refractivity contribution in [1.82, 2.24) is 9.80 Å². The van der Waals surface area contributed by atoms with Gasteiger partial charge in [-0.2, -0.15) is 0 Å². The molecule has 1 amide bonds. The van der Waals surface area contributed by atoms with Crippen LogP contribution in [0.25, 0.3) is 0 Å². The van der Waals surface area contributed by atoms with E-state index >= 15 is 0 Å².